The van der Waals surface area contributed by atoms with Gasteiger partial charge in [-0.15, -0.1) is 0 Å². The van der Waals surface area contributed by atoms with Gasteiger partial charge < -0.3 is 5.32 Å². The number of hydrogen-bond donors (Lipinski definition) is 1. The molecule has 0 aliphatic heterocycles. The molecule has 1 amide bonds. The number of carbonyl (C=O) groups is 1. The molecule has 0 bridgehead atoms. The summed E-state index contributed by atoms with van der Waals surface area (Å²) in [7, 11) is 0. The minimum Gasteiger partial charge on any atom is -0.352 e. The van der Waals surface area contributed by atoms with Gasteiger partial charge in [0.15, 0.2) is 0 Å². The summed E-state index contributed by atoms with van der Waals surface area (Å²) in [6, 6.07) is 0.483. The Morgan fingerprint density at radius 2 is 2.38 bits per heavy atom. The average Bonchev–Trinajstić information content (AvgIpc) is 2.20. The van der Waals surface area contributed by atoms with Crippen LogP contribution in [0.1, 0.15) is 13.3 Å². The van der Waals surface area contributed by atoms with Crippen LogP contribution in [0.3, 0.4) is 0 Å². The largest absolute Gasteiger partial charge is 0.352 e. The van der Waals surface area contributed by atoms with Crippen LogP contribution in [0.25, 0.3) is 0 Å². The summed E-state index contributed by atoms with van der Waals surface area (Å²) in [6.07, 6.45) is 1.82. The first-order chi connectivity index (χ1) is 7.47. The zero-order valence-electron chi connectivity index (χ0n) is 8.97. The third-order valence-electron chi connectivity index (χ3n) is 1.65. The quantitative estimate of drug-likeness (QED) is 0.311. The molecule has 0 aromatic carbocycles. The van der Waals surface area contributed by atoms with E-state index in [-0.39, 0.29) is 6.42 Å². The predicted molar refractivity (Wildman–Crippen MR) is 58.0 cm³/mol. The van der Waals surface area contributed by atoms with Crippen molar-refractivity contribution in [1.29, 1.82) is 5.26 Å². The summed E-state index contributed by atoms with van der Waals surface area (Å²) >= 11 is 0. The lowest BCUT2D eigenvalue weighted by Gasteiger charge is -2.06. The zero-order valence-corrected chi connectivity index (χ0v) is 8.97. The Labute approximate surface area is 93.4 Å². The summed E-state index contributed by atoms with van der Waals surface area (Å²) in [4.78, 5) is 21.2. The molecule has 1 N–H and O–H groups in total. The smallest absolute Gasteiger partial charge is 0.241 e. The summed E-state index contributed by atoms with van der Waals surface area (Å²) in [5, 5.41) is 21.2. The van der Waals surface area contributed by atoms with Crippen LogP contribution in [-0.2, 0) is 4.79 Å². The minimum atomic E-state index is -1.16. The van der Waals surface area contributed by atoms with Gasteiger partial charge in [0.1, 0.15) is 0 Å². The van der Waals surface area contributed by atoms with E-state index in [9.17, 15) is 14.9 Å². The van der Waals surface area contributed by atoms with Gasteiger partial charge >= 0.3 is 0 Å². The highest BCUT2D eigenvalue weighted by molar-refractivity contribution is 5.76. The van der Waals surface area contributed by atoms with Gasteiger partial charge in [0.2, 0.25) is 11.9 Å². The van der Waals surface area contributed by atoms with Crippen LogP contribution in [0.15, 0.2) is 24.3 Å². The third kappa shape index (κ3) is 6.32. The first-order valence-corrected chi connectivity index (χ1v) is 4.58. The van der Waals surface area contributed by atoms with Gasteiger partial charge in [-0.25, -0.2) is 0 Å². The normalized spacial score (nSPS) is 11.8. The summed E-state index contributed by atoms with van der Waals surface area (Å²) in [5.74, 6) is -0.438. The molecule has 0 radical (unpaired) electrons. The Hall–Kier alpha value is -2.16. The van der Waals surface area contributed by atoms with E-state index >= 15 is 0 Å². The number of nitrogens with zero attached hydrogens (tertiary/aromatic N) is 2. The van der Waals surface area contributed by atoms with Crippen LogP contribution >= 0.6 is 0 Å². The molecule has 0 aliphatic carbocycles. The fourth-order valence-corrected chi connectivity index (χ4v) is 0.879. The number of nitro groups is 1. The molecular formula is C10H13N3O3. The third-order valence-corrected chi connectivity index (χ3v) is 1.65. The monoisotopic (exact) mass is 223 g/mol. The fourth-order valence-electron chi connectivity index (χ4n) is 0.879. The molecule has 0 rings (SSSR count). The summed E-state index contributed by atoms with van der Waals surface area (Å²) in [6.45, 7) is 5.62. The van der Waals surface area contributed by atoms with E-state index in [1.54, 1.807) is 13.0 Å². The second-order valence-electron chi connectivity index (χ2n) is 3.28. The molecular weight excluding hydrogens is 210 g/mol. The van der Waals surface area contributed by atoms with Crippen molar-refractivity contribution in [3.63, 3.8) is 0 Å². The lowest BCUT2D eigenvalue weighted by Crippen LogP contribution is -2.31. The molecule has 0 fully saturated rings. The van der Waals surface area contributed by atoms with Crippen molar-refractivity contribution in [3.05, 3.63) is 34.4 Å². The molecule has 0 saturated heterocycles. The van der Waals surface area contributed by atoms with Gasteiger partial charge in [0.05, 0.1) is 12.5 Å². The molecule has 0 spiro atoms. The molecule has 16 heavy (non-hydrogen) atoms. The van der Waals surface area contributed by atoms with Gasteiger partial charge in [-0.1, -0.05) is 12.2 Å². The Morgan fingerprint density at radius 1 is 1.75 bits per heavy atom. The molecule has 6 nitrogen and oxygen atoms in total. The van der Waals surface area contributed by atoms with Gasteiger partial charge in [0, 0.05) is 17.5 Å². The number of nitrogens with one attached hydrogen (secondary N) is 1. The lowest BCUT2D eigenvalue weighted by atomic mass is 10.2. The molecule has 1 unspecified atom stereocenters. The van der Waals surface area contributed by atoms with E-state index < -0.39 is 16.9 Å². The topological polar surface area (TPSA) is 96.0 Å². The highest BCUT2D eigenvalue weighted by Crippen LogP contribution is 1.99. The molecule has 0 aliphatic rings. The SMILES string of the molecule is C=C(C)CNC(=O)CC(/C=C\C#N)[N+](=O)[O-]. The van der Waals surface area contributed by atoms with E-state index in [2.05, 4.69) is 11.9 Å². The number of allylic oxidation sites excluding steroid dienone is 1. The summed E-state index contributed by atoms with van der Waals surface area (Å²) in [5.41, 5.74) is 0.763. The number of carbonyl (C=O) groups excluding carboxylic acids is 1. The van der Waals surface area contributed by atoms with Crippen molar-refractivity contribution in [3.8, 4) is 6.07 Å². The molecule has 0 aromatic heterocycles. The first kappa shape index (κ1) is 13.8. The van der Waals surface area contributed by atoms with Gasteiger partial charge in [0.25, 0.3) is 0 Å². The van der Waals surface area contributed by atoms with Gasteiger partial charge in [-0.3, -0.25) is 14.9 Å². The van der Waals surface area contributed by atoms with Gasteiger partial charge in [-0.05, 0) is 13.0 Å². The Morgan fingerprint density at radius 3 is 2.81 bits per heavy atom. The molecule has 86 valence electrons. The van der Waals surface area contributed by atoms with E-state index in [1.807, 2.05) is 0 Å². The minimum absolute atomic E-state index is 0.279. The Bertz CT molecular complexity index is 355. The van der Waals surface area contributed by atoms with Crippen molar-refractivity contribution < 1.29 is 9.72 Å². The van der Waals surface area contributed by atoms with Crippen molar-refractivity contribution in [2.45, 2.75) is 19.4 Å². The second-order valence-corrected chi connectivity index (χ2v) is 3.28. The van der Waals surface area contributed by atoms with Crippen LogP contribution in [0.2, 0.25) is 0 Å². The average molecular weight is 223 g/mol. The molecule has 6 heteroatoms. The molecule has 0 aromatic rings. The first-order valence-electron chi connectivity index (χ1n) is 4.58. The zero-order chi connectivity index (χ0) is 12.6. The maximum absolute atomic E-state index is 11.3. The highest BCUT2D eigenvalue weighted by Gasteiger charge is 2.20. The molecule has 1 atom stereocenters. The Kier molecular flexibility index (Phi) is 6.21. The fraction of sp³-hybridized carbons (Fsp3) is 0.400. The van der Waals surface area contributed by atoms with Crippen molar-refractivity contribution >= 4 is 5.91 Å². The number of rotatable bonds is 6. The predicted octanol–water partition coefficient (Wildman–Crippen LogP) is 0.794. The molecule has 0 saturated carbocycles. The van der Waals surface area contributed by atoms with Crippen LogP contribution in [0, 0.1) is 21.4 Å². The van der Waals surface area contributed by atoms with Crippen molar-refractivity contribution in [2.24, 2.45) is 0 Å². The van der Waals surface area contributed by atoms with E-state index in [4.69, 9.17) is 5.26 Å². The van der Waals surface area contributed by atoms with Crippen LogP contribution < -0.4 is 5.32 Å². The van der Waals surface area contributed by atoms with Crippen molar-refractivity contribution in [1.82, 2.24) is 5.32 Å². The van der Waals surface area contributed by atoms with Crippen LogP contribution in [0.4, 0.5) is 0 Å². The van der Waals surface area contributed by atoms with E-state index in [1.165, 1.54) is 0 Å². The van der Waals surface area contributed by atoms with Crippen LogP contribution in [0.5, 0.6) is 0 Å². The summed E-state index contributed by atoms with van der Waals surface area (Å²) < 4.78 is 0. The van der Waals surface area contributed by atoms with Gasteiger partial charge in [-0.2, -0.15) is 5.26 Å². The van der Waals surface area contributed by atoms with E-state index in [0.717, 1.165) is 17.7 Å². The Balaban J connectivity index is 4.25. The number of amides is 1. The highest BCUT2D eigenvalue weighted by atomic mass is 16.6. The number of nitriles is 1. The maximum atomic E-state index is 11.3. The number of hydrogen-bond acceptors (Lipinski definition) is 4. The van der Waals surface area contributed by atoms with E-state index in [0.29, 0.717) is 6.54 Å². The van der Waals surface area contributed by atoms with Crippen molar-refractivity contribution in [2.75, 3.05) is 6.54 Å². The lowest BCUT2D eigenvalue weighted by molar-refractivity contribution is -0.508. The van der Waals surface area contributed by atoms with Crippen LogP contribution in [-0.4, -0.2) is 23.4 Å². The standard InChI is InChI=1S/C10H13N3O3/c1-8(2)7-12-10(14)6-9(13(15)16)4-3-5-11/h3-4,9H,1,6-7H2,2H3,(H,12,14)/b4-3-. The maximum Gasteiger partial charge on any atom is 0.241 e. The molecule has 0 heterocycles. The second kappa shape index (κ2) is 7.17.